The summed E-state index contributed by atoms with van der Waals surface area (Å²) in [7, 11) is 0. The number of hydrogen-bond donors (Lipinski definition) is 2. The zero-order valence-electron chi connectivity index (χ0n) is 11.3. The van der Waals surface area contributed by atoms with Crippen LogP contribution in [0.1, 0.15) is 12.5 Å². The van der Waals surface area contributed by atoms with Crippen molar-refractivity contribution in [3.8, 4) is 0 Å². The molecule has 1 amide bonds. The normalized spacial score (nSPS) is 10.3. The van der Waals surface area contributed by atoms with Gasteiger partial charge in [-0.2, -0.15) is 0 Å². The van der Waals surface area contributed by atoms with Crippen molar-refractivity contribution in [3.05, 3.63) is 29.8 Å². The molecule has 7 heteroatoms. The van der Waals surface area contributed by atoms with Gasteiger partial charge in [0.2, 0.25) is 11.0 Å². The van der Waals surface area contributed by atoms with Gasteiger partial charge in [-0.25, -0.2) is 0 Å². The third kappa shape index (κ3) is 4.50. The number of amides is 1. The van der Waals surface area contributed by atoms with Crippen LogP contribution in [0.3, 0.4) is 0 Å². The van der Waals surface area contributed by atoms with Crippen molar-refractivity contribution < 1.29 is 4.79 Å². The quantitative estimate of drug-likeness (QED) is 0.803. The van der Waals surface area contributed by atoms with Crippen LogP contribution in [0, 0.1) is 6.92 Å². The summed E-state index contributed by atoms with van der Waals surface area (Å²) in [6.07, 6.45) is 0. The fraction of sp³-hybridized carbons (Fsp3) is 0.308. The lowest BCUT2D eigenvalue weighted by molar-refractivity contribution is -0.118. The average molecular weight is 308 g/mol. The molecule has 0 unspecified atom stereocenters. The summed E-state index contributed by atoms with van der Waals surface area (Å²) in [4.78, 5) is 11.4. The molecule has 0 saturated carbocycles. The molecule has 0 saturated heterocycles. The van der Waals surface area contributed by atoms with Crippen molar-refractivity contribution in [1.29, 1.82) is 0 Å². The van der Waals surface area contributed by atoms with Gasteiger partial charge in [0.05, 0.1) is 5.75 Å². The van der Waals surface area contributed by atoms with E-state index >= 15 is 0 Å². The van der Waals surface area contributed by atoms with Crippen LogP contribution in [-0.2, 0) is 4.79 Å². The smallest absolute Gasteiger partial charge is 0.230 e. The molecule has 2 aromatic rings. The lowest BCUT2D eigenvalue weighted by Crippen LogP contribution is -2.24. The lowest BCUT2D eigenvalue weighted by Gasteiger charge is -2.01. The molecule has 0 atom stereocenters. The fourth-order valence-electron chi connectivity index (χ4n) is 1.45. The third-order valence-electron chi connectivity index (χ3n) is 2.41. The highest BCUT2D eigenvalue weighted by Crippen LogP contribution is 2.27. The second kappa shape index (κ2) is 7.25. The summed E-state index contributed by atoms with van der Waals surface area (Å²) in [5.74, 6) is 0.383. The van der Waals surface area contributed by atoms with Crippen molar-refractivity contribution >= 4 is 39.8 Å². The molecule has 0 radical (unpaired) electrons. The van der Waals surface area contributed by atoms with Crippen molar-refractivity contribution in [3.63, 3.8) is 0 Å². The Morgan fingerprint density at radius 2 is 2.05 bits per heavy atom. The minimum atomic E-state index is 0.0146. The SMILES string of the molecule is CCNC(=O)CSc1nnc(Nc2ccc(C)cc2)s1. The van der Waals surface area contributed by atoms with Crippen LogP contribution < -0.4 is 10.6 Å². The number of nitrogens with zero attached hydrogens (tertiary/aromatic N) is 2. The van der Waals surface area contributed by atoms with Crippen molar-refractivity contribution in [2.75, 3.05) is 17.6 Å². The first-order valence-electron chi connectivity index (χ1n) is 6.24. The van der Waals surface area contributed by atoms with Gasteiger partial charge in [0.25, 0.3) is 0 Å². The highest BCUT2D eigenvalue weighted by Gasteiger charge is 2.07. The second-order valence-electron chi connectivity index (χ2n) is 4.11. The Hall–Kier alpha value is -1.60. The van der Waals surface area contributed by atoms with Gasteiger partial charge >= 0.3 is 0 Å². The Labute approximate surface area is 126 Å². The molecule has 0 spiro atoms. The number of rotatable bonds is 6. The van der Waals surface area contributed by atoms with E-state index in [4.69, 9.17) is 0 Å². The van der Waals surface area contributed by atoms with Crippen LogP contribution >= 0.6 is 23.1 Å². The van der Waals surface area contributed by atoms with Gasteiger partial charge in [0.1, 0.15) is 0 Å². The van der Waals surface area contributed by atoms with Crippen LogP contribution in [-0.4, -0.2) is 28.4 Å². The van der Waals surface area contributed by atoms with E-state index in [1.807, 2.05) is 38.1 Å². The summed E-state index contributed by atoms with van der Waals surface area (Å²) in [6.45, 7) is 4.59. The van der Waals surface area contributed by atoms with Gasteiger partial charge in [-0.3, -0.25) is 4.79 Å². The van der Waals surface area contributed by atoms with Gasteiger partial charge in [0.15, 0.2) is 4.34 Å². The van der Waals surface area contributed by atoms with E-state index in [2.05, 4.69) is 20.8 Å². The first-order valence-corrected chi connectivity index (χ1v) is 8.04. The summed E-state index contributed by atoms with van der Waals surface area (Å²) in [5, 5.41) is 14.8. The molecular weight excluding hydrogens is 292 g/mol. The minimum absolute atomic E-state index is 0.0146. The Kier molecular flexibility index (Phi) is 5.37. The summed E-state index contributed by atoms with van der Waals surface area (Å²) in [5.41, 5.74) is 2.19. The van der Waals surface area contributed by atoms with Crippen molar-refractivity contribution in [2.45, 2.75) is 18.2 Å². The molecule has 2 N–H and O–H groups in total. The van der Waals surface area contributed by atoms with E-state index in [0.29, 0.717) is 12.3 Å². The van der Waals surface area contributed by atoms with Crippen LogP contribution in [0.15, 0.2) is 28.6 Å². The van der Waals surface area contributed by atoms with Gasteiger partial charge in [-0.05, 0) is 26.0 Å². The fourth-order valence-corrected chi connectivity index (χ4v) is 3.06. The zero-order valence-corrected chi connectivity index (χ0v) is 13.0. The maximum Gasteiger partial charge on any atom is 0.230 e. The number of nitrogens with one attached hydrogen (secondary N) is 2. The van der Waals surface area contributed by atoms with E-state index in [0.717, 1.165) is 15.2 Å². The first kappa shape index (κ1) is 14.8. The van der Waals surface area contributed by atoms with Crippen LogP contribution in [0.25, 0.3) is 0 Å². The Morgan fingerprint density at radius 3 is 2.75 bits per heavy atom. The number of anilines is 2. The maximum atomic E-state index is 11.4. The van der Waals surface area contributed by atoms with Gasteiger partial charge in [-0.15, -0.1) is 10.2 Å². The number of aromatic nitrogens is 2. The number of carbonyl (C=O) groups is 1. The molecule has 0 aliphatic heterocycles. The lowest BCUT2D eigenvalue weighted by atomic mass is 10.2. The topological polar surface area (TPSA) is 66.9 Å². The Bertz CT molecular complexity index is 568. The van der Waals surface area contributed by atoms with E-state index in [1.165, 1.54) is 28.7 Å². The van der Waals surface area contributed by atoms with Crippen LogP contribution in [0.4, 0.5) is 10.8 Å². The zero-order chi connectivity index (χ0) is 14.4. The van der Waals surface area contributed by atoms with E-state index < -0.39 is 0 Å². The highest BCUT2D eigenvalue weighted by molar-refractivity contribution is 8.01. The first-order chi connectivity index (χ1) is 9.67. The van der Waals surface area contributed by atoms with Crippen molar-refractivity contribution in [1.82, 2.24) is 15.5 Å². The van der Waals surface area contributed by atoms with Crippen molar-refractivity contribution in [2.24, 2.45) is 0 Å². The minimum Gasteiger partial charge on any atom is -0.356 e. The summed E-state index contributed by atoms with van der Waals surface area (Å²) in [6, 6.07) is 8.07. The number of carbonyl (C=O) groups excluding carboxylic acids is 1. The number of hydrogen-bond acceptors (Lipinski definition) is 6. The van der Waals surface area contributed by atoms with Crippen LogP contribution in [0.2, 0.25) is 0 Å². The summed E-state index contributed by atoms with van der Waals surface area (Å²) >= 11 is 2.84. The standard InChI is InChI=1S/C13H16N4OS2/c1-3-14-11(18)8-19-13-17-16-12(20-13)15-10-6-4-9(2)5-7-10/h4-7H,3,8H2,1-2H3,(H,14,18)(H,15,16). The molecule has 20 heavy (non-hydrogen) atoms. The largest absolute Gasteiger partial charge is 0.356 e. The maximum absolute atomic E-state index is 11.4. The Balaban J connectivity index is 1.88. The second-order valence-corrected chi connectivity index (χ2v) is 6.31. The number of thioether (sulfide) groups is 1. The molecule has 1 heterocycles. The van der Waals surface area contributed by atoms with Gasteiger partial charge in [0, 0.05) is 12.2 Å². The molecule has 0 bridgehead atoms. The number of aryl methyl sites for hydroxylation is 1. The molecule has 0 aliphatic carbocycles. The molecular formula is C13H16N4OS2. The van der Waals surface area contributed by atoms with E-state index in [9.17, 15) is 4.79 Å². The molecule has 2 rings (SSSR count). The molecule has 0 aliphatic rings. The highest BCUT2D eigenvalue weighted by atomic mass is 32.2. The van der Waals surface area contributed by atoms with Gasteiger partial charge < -0.3 is 10.6 Å². The number of benzene rings is 1. The van der Waals surface area contributed by atoms with E-state index in [-0.39, 0.29) is 5.91 Å². The van der Waals surface area contributed by atoms with E-state index in [1.54, 1.807) is 0 Å². The monoisotopic (exact) mass is 308 g/mol. The molecule has 0 fully saturated rings. The third-order valence-corrected chi connectivity index (χ3v) is 4.38. The predicted octanol–water partition coefficient (Wildman–Crippen LogP) is 2.82. The van der Waals surface area contributed by atoms with Gasteiger partial charge in [-0.1, -0.05) is 40.8 Å². The molecule has 1 aromatic carbocycles. The Morgan fingerprint density at radius 1 is 1.30 bits per heavy atom. The molecule has 5 nitrogen and oxygen atoms in total. The molecule has 1 aromatic heterocycles. The predicted molar refractivity (Wildman–Crippen MR) is 83.8 cm³/mol. The van der Waals surface area contributed by atoms with Crippen LogP contribution in [0.5, 0.6) is 0 Å². The molecule has 106 valence electrons. The summed E-state index contributed by atoms with van der Waals surface area (Å²) < 4.78 is 0.783. The average Bonchev–Trinajstić information content (AvgIpc) is 2.87.